The third kappa shape index (κ3) is 3.55. The van der Waals surface area contributed by atoms with Crippen LogP contribution in [0.3, 0.4) is 0 Å². The summed E-state index contributed by atoms with van der Waals surface area (Å²) in [5.41, 5.74) is 3.10. The Labute approximate surface area is 166 Å². The molecule has 0 saturated carbocycles. The molecule has 4 aromatic rings. The lowest BCUT2D eigenvalue weighted by Gasteiger charge is -2.10. The molecule has 4 rings (SSSR count). The molecular weight excluding hydrogens is 374 g/mol. The monoisotopic (exact) mass is 389 g/mol. The van der Waals surface area contributed by atoms with E-state index < -0.39 is 5.63 Å². The van der Waals surface area contributed by atoms with Crippen LogP contribution in [0.4, 0.5) is 5.69 Å². The second kappa shape index (κ2) is 7.33. The number of amides is 1. The molecule has 0 atom stereocenters. The molecule has 0 bridgehead atoms. The molecule has 1 aromatic heterocycles. The zero-order chi connectivity index (χ0) is 19.7. The predicted octanol–water partition coefficient (Wildman–Crippen LogP) is 5.67. The van der Waals surface area contributed by atoms with Gasteiger partial charge in [0.25, 0.3) is 5.91 Å². The lowest BCUT2D eigenvalue weighted by atomic mass is 10.0. The van der Waals surface area contributed by atoms with E-state index in [-0.39, 0.29) is 5.91 Å². The molecule has 1 heterocycles. The number of carbonyl (C=O) groups is 1. The van der Waals surface area contributed by atoms with Crippen LogP contribution in [-0.2, 0) is 0 Å². The topological polar surface area (TPSA) is 59.3 Å². The van der Waals surface area contributed by atoms with E-state index in [0.29, 0.717) is 33.0 Å². The highest BCUT2D eigenvalue weighted by Gasteiger charge is 2.12. The number of hydrogen-bond acceptors (Lipinski definition) is 3. The van der Waals surface area contributed by atoms with E-state index in [1.165, 1.54) is 0 Å². The van der Waals surface area contributed by atoms with Gasteiger partial charge in [0, 0.05) is 21.7 Å². The smallest absolute Gasteiger partial charge is 0.344 e. The van der Waals surface area contributed by atoms with Gasteiger partial charge in [-0.3, -0.25) is 4.79 Å². The van der Waals surface area contributed by atoms with Gasteiger partial charge in [-0.05, 0) is 54.4 Å². The average molecular weight is 390 g/mol. The molecule has 28 heavy (non-hydrogen) atoms. The zero-order valence-electron chi connectivity index (χ0n) is 15.0. The van der Waals surface area contributed by atoms with Crippen LogP contribution in [0, 0.1) is 6.92 Å². The van der Waals surface area contributed by atoms with E-state index in [2.05, 4.69) is 5.32 Å². The van der Waals surface area contributed by atoms with Crippen LogP contribution >= 0.6 is 11.6 Å². The summed E-state index contributed by atoms with van der Waals surface area (Å²) in [5.74, 6) is -0.280. The fraction of sp³-hybridized carbons (Fsp3) is 0.0435. The Morgan fingerprint density at radius 1 is 0.964 bits per heavy atom. The number of carbonyl (C=O) groups excluding carboxylic acids is 1. The minimum atomic E-state index is -0.443. The Bertz CT molecular complexity index is 1260. The first kappa shape index (κ1) is 18.0. The molecule has 0 aliphatic carbocycles. The molecule has 3 aromatic carbocycles. The molecule has 0 unspecified atom stereocenters. The minimum absolute atomic E-state index is 0.280. The van der Waals surface area contributed by atoms with E-state index in [1.807, 2.05) is 31.2 Å². The Kier molecular flexibility index (Phi) is 4.72. The normalized spacial score (nSPS) is 10.8. The first-order valence-electron chi connectivity index (χ1n) is 8.72. The molecule has 0 radical (unpaired) electrons. The van der Waals surface area contributed by atoms with Crippen molar-refractivity contribution >= 4 is 34.2 Å². The Hall–Kier alpha value is -3.37. The van der Waals surface area contributed by atoms with Gasteiger partial charge < -0.3 is 9.73 Å². The van der Waals surface area contributed by atoms with Gasteiger partial charge in [0.15, 0.2) is 0 Å². The van der Waals surface area contributed by atoms with Crippen molar-refractivity contribution in [2.75, 3.05) is 5.32 Å². The standard InChI is InChI=1S/C23H16ClNO3/c1-14-9-10-18(24)13-20(14)25-22(26)17-7-4-6-15(11-17)19-12-16-5-2-3-8-21(16)28-23(19)27/h2-13H,1H3,(H,25,26). The SMILES string of the molecule is Cc1ccc(Cl)cc1NC(=O)c1cccc(-c2cc3ccccc3oc2=O)c1. The lowest BCUT2D eigenvalue weighted by Crippen LogP contribution is -2.13. The van der Waals surface area contributed by atoms with Crippen molar-refractivity contribution < 1.29 is 9.21 Å². The van der Waals surface area contributed by atoms with Gasteiger partial charge in [0.05, 0.1) is 5.56 Å². The number of anilines is 1. The maximum atomic E-state index is 12.7. The number of para-hydroxylation sites is 1. The highest BCUT2D eigenvalue weighted by Crippen LogP contribution is 2.24. The number of aryl methyl sites for hydroxylation is 1. The van der Waals surface area contributed by atoms with Crippen LogP contribution < -0.4 is 10.9 Å². The van der Waals surface area contributed by atoms with Crippen LogP contribution in [0.5, 0.6) is 0 Å². The van der Waals surface area contributed by atoms with Gasteiger partial charge in [-0.1, -0.05) is 48.0 Å². The van der Waals surface area contributed by atoms with Crippen LogP contribution in [0.25, 0.3) is 22.1 Å². The van der Waals surface area contributed by atoms with Crippen LogP contribution in [0.1, 0.15) is 15.9 Å². The molecule has 4 nitrogen and oxygen atoms in total. The first-order chi connectivity index (χ1) is 13.5. The number of rotatable bonds is 3. The third-order valence-electron chi connectivity index (χ3n) is 4.53. The summed E-state index contributed by atoms with van der Waals surface area (Å²) >= 11 is 6.02. The van der Waals surface area contributed by atoms with Crippen molar-refractivity contribution in [3.63, 3.8) is 0 Å². The van der Waals surface area contributed by atoms with Crippen molar-refractivity contribution in [3.05, 3.63) is 99.4 Å². The molecule has 0 fully saturated rings. The molecule has 1 N–H and O–H groups in total. The van der Waals surface area contributed by atoms with Gasteiger partial charge in [0.1, 0.15) is 5.58 Å². The Balaban J connectivity index is 1.70. The Morgan fingerprint density at radius 3 is 2.64 bits per heavy atom. The highest BCUT2D eigenvalue weighted by atomic mass is 35.5. The molecular formula is C23H16ClNO3. The molecule has 1 amide bonds. The van der Waals surface area contributed by atoms with Crippen molar-refractivity contribution in [2.45, 2.75) is 6.92 Å². The molecule has 0 aliphatic rings. The van der Waals surface area contributed by atoms with E-state index in [4.69, 9.17) is 16.0 Å². The number of benzene rings is 3. The fourth-order valence-corrected chi connectivity index (χ4v) is 3.19. The predicted molar refractivity (Wildman–Crippen MR) is 112 cm³/mol. The summed E-state index contributed by atoms with van der Waals surface area (Å²) < 4.78 is 5.40. The van der Waals surface area contributed by atoms with Gasteiger partial charge in [-0.15, -0.1) is 0 Å². The number of fused-ring (bicyclic) bond motifs is 1. The quantitative estimate of drug-likeness (QED) is 0.459. The summed E-state index contributed by atoms with van der Waals surface area (Å²) in [6.07, 6.45) is 0. The first-order valence-corrected chi connectivity index (χ1v) is 9.10. The number of nitrogens with one attached hydrogen (secondary N) is 1. The van der Waals surface area contributed by atoms with Crippen LogP contribution in [-0.4, -0.2) is 5.91 Å². The third-order valence-corrected chi connectivity index (χ3v) is 4.76. The van der Waals surface area contributed by atoms with Crippen LogP contribution in [0.2, 0.25) is 5.02 Å². The molecule has 5 heteroatoms. The summed E-state index contributed by atoms with van der Waals surface area (Å²) in [5, 5.41) is 4.23. The number of hydrogen-bond donors (Lipinski definition) is 1. The van der Waals surface area contributed by atoms with Gasteiger partial charge in [-0.25, -0.2) is 4.79 Å². The van der Waals surface area contributed by atoms with Crippen molar-refractivity contribution in [1.29, 1.82) is 0 Å². The zero-order valence-corrected chi connectivity index (χ0v) is 15.8. The summed E-state index contributed by atoms with van der Waals surface area (Å²) in [4.78, 5) is 25.1. The summed E-state index contributed by atoms with van der Waals surface area (Å²) in [6, 6.07) is 21.3. The largest absolute Gasteiger partial charge is 0.422 e. The fourth-order valence-electron chi connectivity index (χ4n) is 3.01. The van der Waals surface area contributed by atoms with Gasteiger partial charge >= 0.3 is 5.63 Å². The lowest BCUT2D eigenvalue weighted by molar-refractivity contribution is 0.102. The average Bonchev–Trinajstić information content (AvgIpc) is 2.70. The molecule has 0 saturated heterocycles. The maximum absolute atomic E-state index is 12.7. The van der Waals surface area contributed by atoms with E-state index >= 15 is 0 Å². The second-order valence-corrected chi connectivity index (χ2v) is 6.92. The molecule has 0 aliphatic heterocycles. The van der Waals surface area contributed by atoms with Crippen LogP contribution in [0.15, 0.2) is 82.0 Å². The van der Waals surface area contributed by atoms with Gasteiger partial charge in [0.2, 0.25) is 0 Å². The summed E-state index contributed by atoms with van der Waals surface area (Å²) in [6.45, 7) is 1.89. The Morgan fingerprint density at radius 2 is 1.79 bits per heavy atom. The molecule has 138 valence electrons. The summed E-state index contributed by atoms with van der Waals surface area (Å²) in [7, 11) is 0. The maximum Gasteiger partial charge on any atom is 0.344 e. The van der Waals surface area contributed by atoms with E-state index in [1.54, 1.807) is 48.5 Å². The van der Waals surface area contributed by atoms with E-state index in [0.717, 1.165) is 10.9 Å². The second-order valence-electron chi connectivity index (χ2n) is 6.48. The molecule has 0 spiro atoms. The van der Waals surface area contributed by atoms with Crippen molar-refractivity contribution in [1.82, 2.24) is 0 Å². The number of halogens is 1. The van der Waals surface area contributed by atoms with Crippen molar-refractivity contribution in [2.24, 2.45) is 0 Å². The van der Waals surface area contributed by atoms with Gasteiger partial charge in [-0.2, -0.15) is 0 Å². The van der Waals surface area contributed by atoms with E-state index in [9.17, 15) is 9.59 Å². The highest BCUT2D eigenvalue weighted by molar-refractivity contribution is 6.31. The van der Waals surface area contributed by atoms with Crippen molar-refractivity contribution in [3.8, 4) is 11.1 Å². The minimum Gasteiger partial charge on any atom is -0.422 e.